The lowest BCUT2D eigenvalue weighted by atomic mass is 10.2. The zero-order chi connectivity index (χ0) is 21.2. The average Bonchev–Trinajstić information content (AvgIpc) is 2.69. The molecule has 0 aliphatic carbocycles. The summed E-state index contributed by atoms with van der Waals surface area (Å²) in [5.41, 5.74) is 5.93. The van der Waals surface area contributed by atoms with E-state index in [1.54, 1.807) is 24.3 Å². The predicted octanol–water partition coefficient (Wildman–Crippen LogP) is 3.78. The molecule has 0 bridgehead atoms. The number of halogens is 2. The fourth-order valence-electron chi connectivity index (χ4n) is 2.31. The minimum absolute atomic E-state index is 0.242. The first-order valence-corrected chi connectivity index (χ1v) is 10.5. The Hall–Kier alpha value is -2.10. The van der Waals surface area contributed by atoms with Crippen molar-refractivity contribution in [3.05, 3.63) is 56.5 Å². The predicted molar refractivity (Wildman–Crippen MR) is 116 cm³/mol. The molecule has 0 aliphatic rings. The Labute approximate surface area is 186 Å². The first-order valence-electron chi connectivity index (χ1n) is 8.89. The van der Waals surface area contributed by atoms with E-state index in [-0.39, 0.29) is 6.61 Å². The van der Waals surface area contributed by atoms with Crippen molar-refractivity contribution in [2.24, 2.45) is 0 Å². The van der Waals surface area contributed by atoms with Crippen molar-refractivity contribution < 1.29 is 23.8 Å². The van der Waals surface area contributed by atoms with Gasteiger partial charge in [-0.1, -0.05) is 15.9 Å². The van der Waals surface area contributed by atoms with Gasteiger partial charge >= 0.3 is 0 Å². The topological polar surface area (TPSA) is 85.9 Å². The van der Waals surface area contributed by atoms with E-state index >= 15 is 0 Å². The molecule has 2 amide bonds. The van der Waals surface area contributed by atoms with E-state index in [4.69, 9.17) is 14.2 Å². The normalized spacial score (nSPS) is 10.3. The molecule has 0 saturated carbocycles. The highest BCUT2D eigenvalue weighted by Gasteiger charge is 2.11. The first kappa shape index (κ1) is 23.2. The summed E-state index contributed by atoms with van der Waals surface area (Å²) in [6.07, 6.45) is 0. The molecular weight excluding hydrogens is 508 g/mol. The van der Waals surface area contributed by atoms with Gasteiger partial charge in [-0.2, -0.15) is 0 Å². The van der Waals surface area contributed by atoms with E-state index in [0.29, 0.717) is 36.9 Å². The molecule has 2 aromatic carbocycles. The Morgan fingerprint density at radius 1 is 1.00 bits per heavy atom. The van der Waals surface area contributed by atoms with E-state index in [9.17, 15) is 9.59 Å². The molecular formula is C20H22Br2N2O5. The van der Waals surface area contributed by atoms with Gasteiger partial charge in [0, 0.05) is 16.6 Å². The van der Waals surface area contributed by atoms with Crippen molar-refractivity contribution in [3.63, 3.8) is 0 Å². The number of hydrogen-bond acceptors (Lipinski definition) is 5. The van der Waals surface area contributed by atoms with Gasteiger partial charge in [-0.3, -0.25) is 20.4 Å². The van der Waals surface area contributed by atoms with E-state index in [1.807, 2.05) is 26.0 Å². The lowest BCUT2D eigenvalue weighted by Crippen LogP contribution is -2.43. The van der Waals surface area contributed by atoms with Crippen LogP contribution >= 0.6 is 31.9 Å². The molecule has 7 nitrogen and oxygen atoms in total. The molecule has 0 atom stereocenters. The first-order chi connectivity index (χ1) is 13.9. The quantitative estimate of drug-likeness (QED) is 0.381. The number of carbonyl (C=O) groups is 2. The highest BCUT2D eigenvalue weighted by Crippen LogP contribution is 2.32. The van der Waals surface area contributed by atoms with E-state index in [0.717, 1.165) is 14.5 Å². The summed E-state index contributed by atoms with van der Waals surface area (Å²) in [6, 6.07) is 10.3. The van der Waals surface area contributed by atoms with E-state index in [1.165, 1.54) is 0 Å². The molecule has 0 aromatic heterocycles. The number of carbonyl (C=O) groups excluding carboxylic acids is 2. The summed E-state index contributed by atoms with van der Waals surface area (Å²) in [4.78, 5) is 24.1. The molecule has 29 heavy (non-hydrogen) atoms. The number of aryl methyl sites for hydroxylation is 1. The molecule has 2 rings (SSSR count). The van der Waals surface area contributed by atoms with Crippen LogP contribution in [0.15, 0.2) is 45.3 Å². The Morgan fingerprint density at radius 3 is 2.38 bits per heavy atom. The number of amides is 2. The fourth-order valence-corrected chi connectivity index (χ4v) is 3.86. The summed E-state index contributed by atoms with van der Waals surface area (Å²) < 4.78 is 17.8. The van der Waals surface area contributed by atoms with Crippen LogP contribution in [0.4, 0.5) is 0 Å². The van der Waals surface area contributed by atoms with Crippen LogP contribution in [-0.2, 0) is 9.53 Å². The Bertz CT molecular complexity index is 820. The van der Waals surface area contributed by atoms with Gasteiger partial charge in [0.1, 0.15) is 18.1 Å². The molecule has 2 N–H and O–H groups in total. The van der Waals surface area contributed by atoms with Gasteiger partial charge in [0.25, 0.3) is 11.8 Å². The van der Waals surface area contributed by atoms with Crippen LogP contribution in [0.5, 0.6) is 11.5 Å². The molecule has 0 unspecified atom stereocenters. The van der Waals surface area contributed by atoms with Gasteiger partial charge in [0.2, 0.25) is 0 Å². The number of nitrogens with one attached hydrogen (secondary N) is 2. The highest BCUT2D eigenvalue weighted by atomic mass is 79.9. The largest absolute Gasteiger partial charge is 0.491 e. The second-order valence-corrected chi connectivity index (χ2v) is 7.66. The van der Waals surface area contributed by atoms with Crippen molar-refractivity contribution in [3.8, 4) is 11.5 Å². The fraction of sp³-hybridized carbons (Fsp3) is 0.300. The molecule has 0 radical (unpaired) electrons. The van der Waals surface area contributed by atoms with Gasteiger partial charge in [-0.15, -0.1) is 0 Å². The summed E-state index contributed by atoms with van der Waals surface area (Å²) in [5.74, 6) is 0.271. The summed E-state index contributed by atoms with van der Waals surface area (Å²) >= 11 is 6.78. The lowest BCUT2D eigenvalue weighted by molar-refractivity contribution is -0.123. The summed E-state index contributed by atoms with van der Waals surface area (Å²) in [6.45, 7) is 5.12. The van der Waals surface area contributed by atoms with Gasteiger partial charge in [-0.05, 0) is 71.7 Å². The number of ether oxygens (including phenoxy) is 3. The zero-order valence-corrected chi connectivity index (χ0v) is 19.3. The third-order valence-corrected chi connectivity index (χ3v) is 4.72. The van der Waals surface area contributed by atoms with Crippen molar-refractivity contribution in [2.45, 2.75) is 13.8 Å². The van der Waals surface area contributed by atoms with Crippen molar-refractivity contribution in [2.75, 3.05) is 26.4 Å². The van der Waals surface area contributed by atoms with Gasteiger partial charge in [0.15, 0.2) is 6.61 Å². The maximum absolute atomic E-state index is 12.1. The Morgan fingerprint density at radius 2 is 1.72 bits per heavy atom. The second kappa shape index (κ2) is 11.8. The minimum Gasteiger partial charge on any atom is -0.491 e. The monoisotopic (exact) mass is 528 g/mol. The van der Waals surface area contributed by atoms with Gasteiger partial charge < -0.3 is 14.2 Å². The van der Waals surface area contributed by atoms with E-state index in [2.05, 4.69) is 42.7 Å². The van der Waals surface area contributed by atoms with Crippen molar-refractivity contribution in [1.29, 1.82) is 0 Å². The van der Waals surface area contributed by atoms with Crippen LogP contribution in [0.3, 0.4) is 0 Å². The zero-order valence-electron chi connectivity index (χ0n) is 16.1. The van der Waals surface area contributed by atoms with Crippen LogP contribution in [0.25, 0.3) is 0 Å². The van der Waals surface area contributed by atoms with E-state index < -0.39 is 11.8 Å². The summed E-state index contributed by atoms with van der Waals surface area (Å²) in [5, 5.41) is 0. The molecule has 0 saturated heterocycles. The van der Waals surface area contributed by atoms with Crippen LogP contribution in [0.1, 0.15) is 22.8 Å². The number of benzene rings is 2. The molecule has 0 aliphatic heterocycles. The van der Waals surface area contributed by atoms with Crippen molar-refractivity contribution in [1.82, 2.24) is 10.9 Å². The molecule has 9 heteroatoms. The number of hydrogen-bond donors (Lipinski definition) is 2. The maximum Gasteiger partial charge on any atom is 0.276 e. The van der Waals surface area contributed by atoms with Crippen LogP contribution in [-0.4, -0.2) is 38.2 Å². The minimum atomic E-state index is -0.483. The van der Waals surface area contributed by atoms with Gasteiger partial charge in [0.05, 0.1) is 11.1 Å². The molecule has 156 valence electrons. The smallest absolute Gasteiger partial charge is 0.276 e. The number of hydrazine groups is 1. The van der Waals surface area contributed by atoms with Crippen molar-refractivity contribution >= 4 is 43.7 Å². The Kier molecular flexibility index (Phi) is 9.43. The number of rotatable bonds is 9. The SMILES string of the molecule is CCOCCOc1ccc(C(=O)NNC(=O)COc2c(C)cc(Br)cc2Br)cc1. The maximum atomic E-state index is 12.1. The van der Waals surface area contributed by atoms with Crippen LogP contribution in [0, 0.1) is 6.92 Å². The second-order valence-electron chi connectivity index (χ2n) is 5.89. The Balaban J connectivity index is 1.77. The molecule has 0 spiro atoms. The lowest BCUT2D eigenvalue weighted by Gasteiger charge is -2.12. The molecule has 2 aromatic rings. The highest BCUT2D eigenvalue weighted by molar-refractivity contribution is 9.11. The summed E-state index contributed by atoms with van der Waals surface area (Å²) in [7, 11) is 0. The molecule has 0 fully saturated rings. The van der Waals surface area contributed by atoms with Gasteiger partial charge in [-0.25, -0.2) is 0 Å². The molecule has 0 heterocycles. The van der Waals surface area contributed by atoms with Crippen LogP contribution in [0.2, 0.25) is 0 Å². The third-order valence-electron chi connectivity index (χ3n) is 3.67. The van der Waals surface area contributed by atoms with Crippen LogP contribution < -0.4 is 20.3 Å². The standard InChI is InChI=1S/C20H22Br2N2O5/c1-3-27-8-9-28-16-6-4-14(5-7-16)20(26)24-23-18(25)12-29-19-13(2)10-15(21)11-17(19)22/h4-7,10-11H,3,8-9,12H2,1-2H3,(H,23,25)(H,24,26). The third kappa shape index (κ3) is 7.68. The average molecular weight is 530 g/mol.